The molecule has 7 nitrogen and oxygen atoms in total. The van der Waals surface area contributed by atoms with Gasteiger partial charge in [-0.25, -0.2) is 0 Å². The van der Waals surface area contributed by atoms with Crippen molar-refractivity contribution in [2.45, 2.75) is 13.8 Å². The highest BCUT2D eigenvalue weighted by Crippen LogP contribution is 2.16. The minimum absolute atomic E-state index is 0.0391. The number of anilines is 1. The summed E-state index contributed by atoms with van der Waals surface area (Å²) in [5, 5.41) is 6.62. The Morgan fingerprint density at radius 2 is 1.78 bits per heavy atom. The second-order valence-electron chi connectivity index (χ2n) is 4.41. The van der Waals surface area contributed by atoms with Crippen molar-refractivity contribution >= 4 is 17.5 Å². The smallest absolute Gasteiger partial charge is 0.276 e. The van der Waals surface area contributed by atoms with Crippen molar-refractivity contribution in [3.05, 3.63) is 11.4 Å². The van der Waals surface area contributed by atoms with Gasteiger partial charge in [-0.1, -0.05) is 0 Å². The summed E-state index contributed by atoms with van der Waals surface area (Å²) >= 11 is 0. The molecule has 7 heteroatoms. The molecule has 0 aromatic carbocycles. The molecule has 98 valence electrons. The molecule has 1 aliphatic heterocycles. The molecule has 2 heterocycles. The number of rotatable bonds is 1. The Hall–Kier alpha value is -2.05. The van der Waals surface area contributed by atoms with Gasteiger partial charge in [0, 0.05) is 33.1 Å². The Bertz CT molecular complexity index is 474. The van der Waals surface area contributed by atoms with E-state index in [0.717, 1.165) is 0 Å². The molecule has 1 fully saturated rings. The third-order valence-electron chi connectivity index (χ3n) is 3.21. The summed E-state index contributed by atoms with van der Waals surface area (Å²) in [6.07, 6.45) is 0. The van der Waals surface area contributed by atoms with Crippen LogP contribution in [-0.4, -0.2) is 58.0 Å². The van der Waals surface area contributed by atoms with Crippen molar-refractivity contribution in [1.29, 1.82) is 0 Å². The number of nitrogen functional groups attached to an aromatic ring is 1. The molecule has 3 N–H and O–H groups in total. The molecule has 0 atom stereocenters. The maximum atomic E-state index is 12.2. The first-order valence-corrected chi connectivity index (χ1v) is 5.86. The highest BCUT2D eigenvalue weighted by molar-refractivity contribution is 5.97. The Kier molecular flexibility index (Phi) is 3.22. The lowest BCUT2D eigenvalue weighted by atomic mass is 10.2. The number of piperazine rings is 1. The molecule has 1 aromatic heterocycles. The fourth-order valence-corrected chi connectivity index (χ4v) is 1.98. The van der Waals surface area contributed by atoms with Gasteiger partial charge in [0.05, 0.1) is 11.4 Å². The molecule has 1 saturated heterocycles. The third kappa shape index (κ3) is 2.15. The molecule has 1 aromatic rings. The number of aromatic nitrogens is 2. The van der Waals surface area contributed by atoms with Crippen LogP contribution in [0.1, 0.15) is 23.1 Å². The van der Waals surface area contributed by atoms with Crippen LogP contribution in [0.3, 0.4) is 0 Å². The average Bonchev–Trinajstić information content (AvgIpc) is 2.69. The summed E-state index contributed by atoms with van der Waals surface area (Å²) in [6.45, 7) is 5.46. The number of nitrogens with zero attached hydrogens (tertiary/aromatic N) is 3. The SMILES string of the molecule is CC(=O)N1CCN(C(=O)c2n[nH]c(C)c2N)CC1. The fourth-order valence-electron chi connectivity index (χ4n) is 1.98. The monoisotopic (exact) mass is 251 g/mol. The minimum Gasteiger partial charge on any atom is -0.395 e. The zero-order chi connectivity index (χ0) is 13.3. The predicted molar refractivity (Wildman–Crippen MR) is 65.9 cm³/mol. The van der Waals surface area contributed by atoms with Crippen LogP contribution in [0.25, 0.3) is 0 Å². The molecule has 2 amide bonds. The number of aromatic amines is 1. The van der Waals surface area contributed by atoms with E-state index in [1.807, 2.05) is 0 Å². The fraction of sp³-hybridized carbons (Fsp3) is 0.545. The Labute approximate surface area is 105 Å². The highest BCUT2D eigenvalue weighted by Gasteiger charge is 2.26. The summed E-state index contributed by atoms with van der Waals surface area (Å²) < 4.78 is 0. The number of hydrogen-bond donors (Lipinski definition) is 2. The highest BCUT2D eigenvalue weighted by atomic mass is 16.2. The number of H-pyrrole nitrogens is 1. The molecule has 18 heavy (non-hydrogen) atoms. The minimum atomic E-state index is -0.181. The lowest BCUT2D eigenvalue weighted by Gasteiger charge is -2.33. The van der Waals surface area contributed by atoms with Gasteiger partial charge >= 0.3 is 0 Å². The third-order valence-corrected chi connectivity index (χ3v) is 3.21. The number of amides is 2. The second-order valence-corrected chi connectivity index (χ2v) is 4.41. The van der Waals surface area contributed by atoms with E-state index in [4.69, 9.17) is 5.73 Å². The van der Waals surface area contributed by atoms with Crippen LogP contribution < -0.4 is 5.73 Å². The van der Waals surface area contributed by atoms with Gasteiger partial charge in [0.15, 0.2) is 5.69 Å². The standard InChI is InChI=1S/C11H17N5O2/c1-7-9(12)10(14-13-7)11(18)16-5-3-15(4-6-16)8(2)17/h3-6,12H2,1-2H3,(H,13,14). The zero-order valence-corrected chi connectivity index (χ0v) is 10.6. The van der Waals surface area contributed by atoms with Crippen molar-refractivity contribution < 1.29 is 9.59 Å². The van der Waals surface area contributed by atoms with E-state index >= 15 is 0 Å². The summed E-state index contributed by atoms with van der Waals surface area (Å²) in [5.74, 6) is -0.141. The molecule has 0 bridgehead atoms. The molecule has 0 aliphatic carbocycles. The first kappa shape index (κ1) is 12.4. The molecular formula is C11H17N5O2. The van der Waals surface area contributed by atoms with Crippen LogP contribution in [0.4, 0.5) is 5.69 Å². The van der Waals surface area contributed by atoms with Crippen molar-refractivity contribution in [3.8, 4) is 0 Å². The van der Waals surface area contributed by atoms with E-state index in [0.29, 0.717) is 37.6 Å². The molecule has 0 spiro atoms. The van der Waals surface area contributed by atoms with Gasteiger partial charge in [0.25, 0.3) is 5.91 Å². The van der Waals surface area contributed by atoms with E-state index in [-0.39, 0.29) is 17.5 Å². The molecule has 2 rings (SSSR count). The maximum Gasteiger partial charge on any atom is 0.276 e. The largest absolute Gasteiger partial charge is 0.395 e. The molecule has 0 unspecified atom stereocenters. The van der Waals surface area contributed by atoms with Crippen LogP contribution in [0.5, 0.6) is 0 Å². The van der Waals surface area contributed by atoms with Crippen LogP contribution >= 0.6 is 0 Å². The Morgan fingerprint density at radius 1 is 1.22 bits per heavy atom. The number of hydrogen-bond acceptors (Lipinski definition) is 4. The van der Waals surface area contributed by atoms with Gasteiger partial charge < -0.3 is 15.5 Å². The van der Waals surface area contributed by atoms with Crippen LogP contribution in [-0.2, 0) is 4.79 Å². The Balaban J connectivity index is 2.04. The van der Waals surface area contributed by atoms with Gasteiger partial charge in [-0.15, -0.1) is 0 Å². The number of nitrogens with one attached hydrogen (secondary N) is 1. The first-order valence-electron chi connectivity index (χ1n) is 5.86. The zero-order valence-electron chi connectivity index (χ0n) is 10.6. The maximum absolute atomic E-state index is 12.2. The van der Waals surface area contributed by atoms with E-state index in [9.17, 15) is 9.59 Å². The van der Waals surface area contributed by atoms with Crippen molar-refractivity contribution in [1.82, 2.24) is 20.0 Å². The summed E-state index contributed by atoms with van der Waals surface area (Å²) in [7, 11) is 0. The number of nitrogens with two attached hydrogens (primary N) is 1. The van der Waals surface area contributed by atoms with Gasteiger partial charge in [-0.05, 0) is 6.92 Å². The van der Waals surface area contributed by atoms with E-state index in [1.165, 1.54) is 6.92 Å². The predicted octanol–water partition coefficient (Wildman–Crippen LogP) is -0.395. The summed E-state index contributed by atoms with van der Waals surface area (Å²) in [4.78, 5) is 26.8. The van der Waals surface area contributed by atoms with Gasteiger partial charge in [0.1, 0.15) is 0 Å². The lowest BCUT2D eigenvalue weighted by molar-refractivity contribution is -0.130. The summed E-state index contributed by atoms with van der Waals surface area (Å²) in [5.41, 5.74) is 7.14. The number of carbonyl (C=O) groups excluding carboxylic acids is 2. The van der Waals surface area contributed by atoms with E-state index < -0.39 is 0 Å². The van der Waals surface area contributed by atoms with Crippen LogP contribution in [0.15, 0.2) is 0 Å². The molecular weight excluding hydrogens is 234 g/mol. The molecule has 0 saturated carbocycles. The lowest BCUT2D eigenvalue weighted by Crippen LogP contribution is -2.50. The van der Waals surface area contributed by atoms with E-state index in [2.05, 4.69) is 10.2 Å². The Morgan fingerprint density at radius 3 is 2.22 bits per heavy atom. The van der Waals surface area contributed by atoms with Crippen molar-refractivity contribution in [3.63, 3.8) is 0 Å². The van der Waals surface area contributed by atoms with Crippen molar-refractivity contribution in [2.24, 2.45) is 0 Å². The molecule has 0 radical (unpaired) electrons. The topological polar surface area (TPSA) is 95.3 Å². The summed E-state index contributed by atoms with van der Waals surface area (Å²) in [6, 6.07) is 0. The van der Waals surface area contributed by atoms with Crippen LogP contribution in [0.2, 0.25) is 0 Å². The van der Waals surface area contributed by atoms with Crippen LogP contribution in [0, 0.1) is 6.92 Å². The van der Waals surface area contributed by atoms with Gasteiger partial charge in [0.2, 0.25) is 5.91 Å². The van der Waals surface area contributed by atoms with Gasteiger partial charge in [-0.3, -0.25) is 14.7 Å². The average molecular weight is 251 g/mol. The first-order chi connectivity index (χ1) is 8.50. The number of carbonyl (C=O) groups is 2. The normalized spacial score (nSPS) is 15.9. The second kappa shape index (κ2) is 4.67. The quantitative estimate of drug-likeness (QED) is 0.710. The van der Waals surface area contributed by atoms with E-state index in [1.54, 1.807) is 16.7 Å². The van der Waals surface area contributed by atoms with Crippen molar-refractivity contribution in [2.75, 3.05) is 31.9 Å². The molecule has 1 aliphatic rings. The van der Waals surface area contributed by atoms with Gasteiger partial charge in [-0.2, -0.15) is 5.10 Å². The number of aryl methyl sites for hydroxylation is 1.